The number of alkyl halides is 2. The van der Waals surface area contributed by atoms with Crippen molar-refractivity contribution >= 4 is 17.6 Å². The fourth-order valence-electron chi connectivity index (χ4n) is 0.785. The van der Waals surface area contributed by atoms with E-state index in [1.165, 1.54) is 0 Å². The van der Waals surface area contributed by atoms with E-state index in [0.29, 0.717) is 6.07 Å². The van der Waals surface area contributed by atoms with Gasteiger partial charge in [0, 0.05) is 0 Å². The number of aromatic nitrogens is 1. The maximum absolute atomic E-state index is 12.8. The summed E-state index contributed by atoms with van der Waals surface area (Å²) in [7, 11) is 0. The fraction of sp³-hybridized carbons (Fsp3) is 0.143. The Hall–Kier alpha value is -1.30. The minimum atomic E-state index is -3.13. The Bertz CT molecular complexity index is 383. The van der Waals surface area contributed by atoms with Gasteiger partial charge >= 0.3 is 5.97 Å². The summed E-state index contributed by atoms with van der Waals surface area (Å²) in [5.74, 6) is -2.94. The zero-order chi connectivity index (χ0) is 10.9. The molecule has 0 aliphatic carbocycles. The highest BCUT2D eigenvalue weighted by atomic mass is 35.5. The number of carboxylic acid groups (broad SMARTS) is 1. The normalized spacial score (nSPS) is 10.6. The van der Waals surface area contributed by atoms with Crippen LogP contribution in [0, 0.1) is 5.82 Å². The van der Waals surface area contributed by atoms with E-state index < -0.39 is 34.6 Å². The van der Waals surface area contributed by atoms with Crippen LogP contribution < -0.4 is 0 Å². The van der Waals surface area contributed by atoms with Crippen LogP contribution in [0.3, 0.4) is 0 Å². The summed E-state index contributed by atoms with van der Waals surface area (Å²) in [6, 6.07) is 0.453. The van der Waals surface area contributed by atoms with Crippen LogP contribution in [0.2, 0.25) is 5.15 Å². The zero-order valence-corrected chi connectivity index (χ0v) is 7.23. The molecule has 3 nitrogen and oxygen atoms in total. The summed E-state index contributed by atoms with van der Waals surface area (Å²) in [4.78, 5) is 13.4. The Balaban J connectivity index is 3.35. The fourth-order valence-corrected chi connectivity index (χ4v) is 0.985. The first-order valence-electron chi connectivity index (χ1n) is 3.31. The molecule has 1 heterocycles. The van der Waals surface area contributed by atoms with Crippen molar-refractivity contribution in [3.63, 3.8) is 0 Å². The van der Waals surface area contributed by atoms with Gasteiger partial charge in [-0.2, -0.15) is 0 Å². The number of carboxylic acids is 1. The van der Waals surface area contributed by atoms with Gasteiger partial charge < -0.3 is 5.11 Å². The van der Waals surface area contributed by atoms with E-state index in [4.69, 9.17) is 16.7 Å². The van der Waals surface area contributed by atoms with Crippen LogP contribution in [-0.2, 0) is 0 Å². The number of halogens is 4. The molecular weight excluding hydrogens is 223 g/mol. The van der Waals surface area contributed by atoms with E-state index in [9.17, 15) is 18.0 Å². The lowest BCUT2D eigenvalue weighted by Gasteiger charge is -2.03. The van der Waals surface area contributed by atoms with E-state index >= 15 is 0 Å². The van der Waals surface area contributed by atoms with Crippen LogP contribution in [0.4, 0.5) is 13.2 Å². The summed E-state index contributed by atoms with van der Waals surface area (Å²) in [6.07, 6.45) is -3.13. The predicted molar refractivity (Wildman–Crippen MR) is 41.1 cm³/mol. The average Bonchev–Trinajstić information content (AvgIpc) is 2.08. The molecule has 7 heteroatoms. The zero-order valence-electron chi connectivity index (χ0n) is 6.47. The molecule has 0 saturated carbocycles. The van der Waals surface area contributed by atoms with Crippen LogP contribution >= 0.6 is 11.6 Å². The van der Waals surface area contributed by atoms with Crippen molar-refractivity contribution < 1.29 is 23.1 Å². The first-order chi connectivity index (χ1) is 6.43. The van der Waals surface area contributed by atoms with Gasteiger partial charge in [0.1, 0.15) is 0 Å². The number of rotatable bonds is 2. The van der Waals surface area contributed by atoms with Gasteiger partial charge in [0.15, 0.2) is 16.7 Å². The summed E-state index contributed by atoms with van der Waals surface area (Å²) in [6.45, 7) is 0. The Labute approximate surface area is 81.1 Å². The van der Waals surface area contributed by atoms with Crippen LogP contribution in [0.1, 0.15) is 22.5 Å². The molecule has 1 aromatic heterocycles. The quantitative estimate of drug-likeness (QED) is 0.787. The van der Waals surface area contributed by atoms with Gasteiger partial charge in [-0.3, -0.25) is 0 Å². The topological polar surface area (TPSA) is 50.2 Å². The minimum Gasteiger partial charge on any atom is -0.477 e. The SMILES string of the molecule is O=C(O)c1cc(C(F)F)c(F)c(Cl)n1. The van der Waals surface area contributed by atoms with Crippen molar-refractivity contribution in [2.45, 2.75) is 6.43 Å². The van der Waals surface area contributed by atoms with Gasteiger partial charge in [-0.1, -0.05) is 11.6 Å². The van der Waals surface area contributed by atoms with E-state index in [1.54, 1.807) is 0 Å². The molecule has 0 atom stereocenters. The van der Waals surface area contributed by atoms with Crippen LogP contribution in [0.25, 0.3) is 0 Å². The van der Waals surface area contributed by atoms with Gasteiger partial charge in [-0.05, 0) is 6.07 Å². The molecule has 0 aliphatic rings. The monoisotopic (exact) mass is 225 g/mol. The first-order valence-corrected chi connectivity index (χ1v) is 3.68. The molecule has 0 amide bonds. The lowest BCUT2D eigenvalue weighted by atomic mass is 10.2. The summed E-state index contributed by atoms with van der Waals surface area (Å²) in [5, 5.41) is 7.54. The molecule has 76 valence electrons. The third-order valence-corrected chi connectivity index (χ3v) is 1.65. The van der Waals surface area contributed by atoms with Crippen LogP contribution in [-0.4, -0.2) is 16.1 Å². The average molecular weight is 226 g/mol. The number of pyridine rings is 1. The second kappa shape index (κ2) is 3.83. The Morgan fingerprint density at radius 1 is 1.57 bits per heavy atom. The van der Waals surface area contributed by atoms with E-state index in [2.05, 4.69) is 4.98 Å². The Kier molecular flexibility index (Phi) is 2.95. The van der Waals surface area contributed by atoms with E-state index in [0.717, 1.165) is 0 Å². The molecule has 0 radical (unpaired) electrons. The van der Waals surface area contributed by atoms with Crippen molar-refractivity contribution in [2.75, 3.05) is 0 Å². The minimum absolute atomic E-state index is 0.453. The van der Waals surface area contributed by atoms with Crippen molar-refractivity contribution in [1.82, 2.24) is 4.98 Å². The third-order valence-electron chi connectivity index (χ3n) is 1.40. The standard InChI is InChI=1S/C7H3ClF3NO2/c8-5-4(9)2(6(10)11)1-3(12-5)7(13)14/h1,6H,(H,13,14). The summed E-state index contributed by atoms with van der Waals surface area (Å²) >= 11 is 5.12. The number of aromatic carboxylic acids is 1. The molecule has 0 spiro atoms. The van der Waals surface area contributed by atoms with Crippen molar-refractivity contribution in [2.24, 2.45) is 0 Å². The molecule has 0 bridgehead atoms. The van der Waals surface area contributed by atoms with Gasteiger partial charge in [0.2, 0.25) is 0 Å². The Morgan fingerprint density at radius 2 is 2.14 bits per heavy atom. The molecule has 0 unspecified atom stereocenters. The van der Waals surface area contributed by atoms with Gasteiger partial charge in [0.25, 0.3) is 6.43 Å². The van der Waals surface area contributed by atoms with Crippen molar-refractivity contribution in [3.05, 3.63) is 28.3 Å². The molecule has 0 aromatic carbocycles. The largest absolute Gasteiger partial charge is 0.477 e. The maximum Gasteiger partial charge on any atom is 0.354 e. The second-order valence-electron chi connectivity index (χ2n) is 2.31. The molecule has 0 fully saturated rings. The van der Waals surface area contributed by atoms with Crippen molar-refractivity contribution in [1.29, 1.82) is 0 Å². The number of carbonyl (C=O) groups is 1. The lowest BCUT2D eigenvalue weighted by molar-refractivity contribution is 0.0689. The number of nitrogens with zero attached hydrogens (tertiary/aromatic N) is 1. The van der Waals surface area contributed by atoms with Gasteiger partial charge in [-0.25, -0.2) is 22.9 Å². The molecule has 0 aliphatic heterocycles. The summed E-state index contributed by atoms with van der Waals surface area (Å²) < 4.78 is 37.1. The highest BCUT2D eigenvalue weighted by Crippen LogP contribution is 2.26. The third kappa shape index (κ3) is 1.95. The van der Waals surface area contributed by atoms with Crippen molar-refractivity contribution in [3.8, 4) is 0 Å². The molecular formula is C7H3ClF3NO2. The lowest BCUT2D eigenvalue weighted by Crippen LogP contribution is -2.05. The maximum atomic E-state index is 12.8. The predicted octanol–water partition coefficient (Wildman–Crippen LogP) is 2.51. The number of hydrogen-bond donors (Lipinski definition) is 1. The molecule has 0 saturated heterocycles. The first kappa shape index (κ1) is 10.8. The molecule has 14 heavy (non-hydrogen) atoms. The summed E-state index contributed by atoms with van der Waals surface area (Å²) in [5.41, 5.74) is -1.78. The second-order valence-corrected chi connectivity index (χ2v) is 2.67. The Morgan fingerprint density at radius 3 is 2.57 bits per heavy atom. The van der Waals surface area contributed by atoms with Crippen LogP contribution in [0.15, 0.2) is 6.07 Å². The highest BCUT2D eigenvalue weighted by molar-refractivity contribution is 6.29. The number of hydrogen-bond acceptors (Lipinski definition) is 2. The van der Waals surface area contributed by atoms with Gasteiger partial charge in [-0.15, -0.1) is 0 Å². The smallest absolute Gasteiger partial charge is 0.354 e. The van der Waals surface area contributed by atoms with E-state index in [-0.39, 0.29) is 0 Å². The molecule has 1 rings (SSSR count). The highest BCUT2D eigenvalue weighted by Gasteiger charge is 2.20. The van der Waals surface area contributed by atoms with E-state index in [1.807, 2.05) is 0 Å². The van der Waals surface area contributed by atoms with Gasteiger partial charge in [0.05, 0.1) is 5.56 Å². The van der Waals surface area contributed by atoms with Crippen LogP contribution in [0.5, 0.6) is 0 Å². The molecule has 1 aromatic rings. The molecule has 1 N–H and O–H groups in total.